The molecule has 0 bridgehead atoms. The average molecular weight is 277 g/mol. The van der Waals surface area contributed by atoms with Gasteiger partial charge in [-0.2, -0.15) is 0 Å². The molecular formula is C14H19N3O3. The predicted molar refractivity (Wildman–Crippen MR) is 75.1 cm³/mol. The molecule has 6 nitrogen and oxygen atoms in total. The van der Waals surface area contributed by atoms with Gasteiger partial charge in [-0.05, 0) is 30.7 Å². The molecule has 1 heterocycles. The molecule has 4 N–H and O–H groups in total. The summed E-state index contributed by atoms with van der Waals surface area (Å²) in [5.74, 6) is -0.100. The molecule has 2 amide bonds. The summed E-state index contributed by atoms with van der Waals surface area (Å²) in [6, 6.07) is 6.54. The van der Waals surface area contributed by atoms with Crippen LogP contribution in [0.1, 0.15) is 16.8 Å². The summed E-state index contributed by atoms with van der Waals surface area (Å²) in [7, 11) is 0. The summed E-state index contributed by atoms with van der Waals surface area (Å²) in [5, 5.41) is 5.36. The Morgan fingerprint density at radius 2 is 2.00 bits per heavy atom. The fourth-order valence-electron chi connectivity index (χ4n) is 1.96. The second-order valence-electron chi connectivity index (χ2n) is 4.84. The minimum absolute atomic E-state index is 0.0310. The summed E-state index contributed by atoms with van der Waals surface area (Å²) >= 11 is 0. The largest absolute Gasteiger partial charge is 0.399 e. The van der Waals surface area contributed by atoms with E-state index in [9.17, 15) is 9.59 Å². The number of hydrogen-bond acceptors (Lipinski definition) is 4. The first-order valence-electron chi connectivity index (χ1n) is 6.63. The normalized spacial score (nSPS) is 17.7. The lowest BCUT2D eigenvalue weighted by molar-refractivity contribution is -0.120. The summed E-state index contributed by atoms with van der Waals surface area (Å²) in [4.78, 5) is 23.4. The van der Waals surface area contributed by atoms with E-state index in [2.05, 4.69) is 10.6 Å². The molecule has 1 saturated heterocycles. The third-order valence-corrected chi connectivity index (χ3v) is 3.19. The van der Waals surface area contributed by atoms with Crippen molar-refractivity contribution in [3.63, 3.8) is 0 Å². The quantitative estimate of drug-likeness (QED) is 0.668. The summed E-state index contributed by atoms with van der Waals surface area (Å²) < 4.78 is 5.22. The summed E-state index contributed by atoms with van der Waals surface area (Å²) in [6.45, 7) is 2.01. The van der Waals surface area contributed by atoms with Gasteiger partial charge in [0.1, 0.15) is 0 Å². The molecule has 1 aromatic rings. The number of nitrogens with one attached hydrogen (secondary N) is 2. The van der Waals surface area contributed by atoms with E-state index in [1.165, 1.54) is 0 Å². The van der Waals surface area contributed by atoms with Crippen molar-refractivity contribution in [2.24, 2.45) is 5.92 Å². The lowest BCUT2D eigenvalue weighted by Crippen LogP contribution is -2.39. The fraction of sp³-hybridized carbons (Fsp3) is 0.429. The Hall–Kier alpha value is -2.08. The van der Waals surface area contributed by atoms with Crippen LogP contribution in [0.15, 0.2) is 24.3 Å². The number of amides is 2. The Morgan fingerprint density at radius 1 is 1.25 bits per heavy atom. The van der Waals surface area contributed by atoms with Crippen LogP contribution in [0.3, 0.4) is 0 Å². The van der Waals surface area contributed by atoms with E-state index >= 15 is 0 Å². The minimum atomic E-state index is -0.288. The fourth-order valence-corrected chi connectivity index (χ4v) is 1.96. The highest BCUT2D eigenvalue weighted by molar-refractivity contribution is 5.96. The molecule has 1 aromatic carbocycles. The topological polar surface area (TPSA) is 93.5 Å². The van der Waals surface area contributed by atoms with Gasteiger partial charge in [-0.25, -0.2) is 0 Å². The molecule has 0 aromatic heterocycles. The number of hydrogen-bond donors (Lipinski definition) is 3. The lowest BCUT2D eigenvalue weighted by atomic mass is 10.1. The van der Waals surface area contributed by atoms with Gasteiger partial charge in [0.15, 0.2) is 0 Å². The zero-order valence-electron chi connectivity index (χ0n) is 11.2. The van der Waals surface area contributed by atoms with Crippen LogP contribution < -0.4 is 16.4 Å². The van der Waals surface area contributed by atoms with Crippen molar-refractivity contribution in [3.05, 3.63) is 29.8 Å². The second-order valence-corrected chi connectivity index (χ2v) is 4.84. The van der Waals surface area contributed by atoms with E-state index in [1.807, 2.05) is 0 Å². The zero-order chi connectivity index (χ0) is 14.4. The molecule has 0 aliphatic carbocycles. The van der Waals surface area contributed by atoms with Gasteiger partial charge in [-0.1, -0.05) is 0 Å². The van der Waals surface area contributed by atoms with E-state index < -0.39 is 0 Å². The van der Waals surface area contributed by atoms with E-state index in [4.69, 9.17) is 10.5 Å². The molecule has 6 heteroatoms. The van der Waals surface area contributed by atoms with Crippen LogP contribution in [0, 0.1) is 5.92 Å². The van der Waals surface area contributed by atoms with Gasteiger partial charge in [0.25, 0.3) is 5.91 Å². The van der Waals surface area contributed by atoms with Gasteiger partial charge in [-0.15, -0.1) is 0 Å². The number of nitrogens with two attached hydrogens (primary N) is 1. The van der Waals surface area contributed by atoms with Gasteiger partial charge in [0.2, 0.25) is 5.91 Å². The maximum Gasteiger partial charge on any atom is 0.251 e. The zero-order valence-corrected chi connectivity index (χ0v) is 11.2. The van der Waals surface area contributed by atoms with Gasteiger partial charge < -0.3 is 21.1 Å². The highest BCUT2D eigenvalue weighted by Gasteiger charge is 2.16. The van der Waals surface area contributed by atoms with Crippen LogP contribution in [0.5, 0.6) is 0 Å². The number of carbonyl (C=O) groups excluding carboxylic acids is 2. The highest BCUT2D eigenvalue weighted by Crippen LogP contribution is 2.10. The Balaban J connectivity index is 1.69. The van der Waals surface area contributed by atoms with Crippen LogP contribution in [0.4, 0.5) is 5.69 Å². The van der Waals surface area contributed by atoms with Gasteiger partial charge in [0.05, 0.1) is 13.2 Å². The maximum atomic E-state index is 11.8. The van der Waals surface area contributed by atoms with Crippen molar-refractivity contribution in [3.8, 4) is 0 Å². The maximum absolute atomic E-state index is 11.8. The second kappa shape index (κ2) is 6.91. The van der Waals surface area contributed by atoms with E-state index in [0.717, 1.165) is 13.0 Å². The van der Waals surface area contributed by atoms with Crippen LogP contribution in [0.2, 0.25) is 0 Å². The molecule has 0 saturated carbocycles. The average Bonchev–Trinajstić information content (AvgIpc) is 2.96. The molecule has 1 aliphatic heterocycles. The van der Waals surface area contributed by atoms with Gasteiger partial charge in [0, 0.05) is 30.3 Å². The number of carbonyl (C=O) groups is 2. The van der Waals surface area contributed by atoms with Crippen molar-refractivity contribution in [2.75, 3.05) is 32.0 Å². The van der Waals surface area contributed by atoms with Crippen LogP contribution in [0.25, 0.3) is 0 Å². The molecule has 0 radical (unpaired) electrons. The number of ether oxygens (including phenoxy) is 1. The highest BCUT2D eigenvalue weighted by atomic mass is 16.5. The van der Waals surface area contributed by atoms with E-state index in [-0.39, 0.29) is 18.4 Å². The van der Waals surface area contributed by atoms with Crippen molar-refractivity contribution < 1.29 is 14.3 Å². The first-order valence-corrected chi connectivity index (χ1v) is 6.63. The molecular weight excluding hydrogens is 258 g/mol. The Labute approximate surface area is 117 Å². The molecule has 1 aliphatic rings. The number of benzene rings is 1. The Morgan fingerprint density at radius 3 is 2.65 bits per heavy atom. The first kappa shape index (κ1) is 14.3. The number of nitrogen functional groups attached to an aromatic ring is 1. The molecule has 1 fully saturated rings. The molecule has 2 rings (SSSR count). The smallest absolute Gasteiger partial charge is 0.251 e. The van der Waals surface area contributed by atoms with Crippen LogP contribution in [-0.4, -0.2) is 38.1 Å². The van der Waals surface area contributed by atoms with Crippen molar-refractivity contribution >= 4 is 17.5 Å². The number of rotatable bonds is 5. The number of anilines is 1. The lowest BCUT2D eigenvalue weighted by Gasteiger charge is -2.10. The first-order chi connectivity index (χ1) is 9.65. The summed E-state index contributed by atoms with van der Waals surface area (Å²) in [6.07, 6.45) is 0.970. The van der Waals surface area contributed by atoms with Gasteiger partial charge in [-0.3, -0.25) is 9.59 Å². The van der Waals surface area contributed by atoms with Gasteiger partial charge >= 0.3 is 0 Å². The van der Waals surface area contributed by atoms with Crippen molar-refractivity contribution in [1.82, 2.24) is 10.6 Å². The minimum Gasteiger partial charge on any atom is -0.399 e. The van der Waals surface area contributed by atoms with Crippen molar-refractivity contribution in [1.29, 1.82) is 0 Å². The standard InChI is InChI=1S/C14H19N3O3/c15-12-3-1-11(2-4-12)14(19)17-8-13(18)16-7-10-5-6-20-9-10/h1-4,10H,5-9,15H2,(H,16,18)(H,17,19). The molecule has 1 atom stereocenters. The molecule has 20 heavy (non-hydrogen) atoms. The van der Waals surface area contributed by atoms with Crippen LogP contribution >= 0.6 is 0 Å². The predicted octanol–water partition coefficient (Wildman–Crippen LogP) is 0.151. The third-order valence-electron chi connectivity index (χ3n) is 3.19. The van der Waals surface area contributed by atoms with Crippen molar-refractivity contribution in [2.45, 2.75) is 6.42 Å². The monoisotopic (exact) mass is 277 g/mol. The Bertz CT molecular complexity index is 467. The molecule has 0 spiro atoms. The van der Waals surface area contributed by atoms with Crippen LogP contribution in [-0.2, 0) is 9.53 Å². The van der Waals surface area contributed by atoms with E-state index in [0.29, 0.717) is 30.3 Å². The Kier molecular flexibility index (Phi) is 4.95. The molecule has 108 valence electrons. The molecule has 1 unspecified atom stereocenters. The summed E-state index contributed by atoms with van der Waals surface area (Å²) in [5.41, 5.74) is 6.62. The third kappa shape index (κ3) is 4.24. The SMILES string of the molecule is Nc1ccc(C(=O)NCC(=O)NCC2CCOC2)cc1. The van der Waals surface area contributed by atoms with E-state index in [1.54, 1.807) is 24.3 Å².